The largest absolute Gasteiger partial charge is 0.141 e. The number of fused-ring (bicyclic) bond motifs is 3. The van der Waals surface area contributed by atoms with Crippen LogP contribution in [0.4, 0.5) is 0 Å². The van der Waals surface area contributed by atoms with Crippen LogP contribution in [-0.4, -0.2) is 7.85 Å². The number of halogens is 1. The van der Waals surface area contributed by atoms with Gasteiger partial charge in [0.15, 0.2) is 0 Å². The first-order chi connectivity index (χ1) is 7.25. The lowest BCUT2D eigenvalue weighted by Gasteiger charge is -1.97. The quantitative estimate of drug-likeness (QED) is 0.521. The molecule has 15 heavy (non-hydrogen) atoms. The molecule has 3 aromatic rings. The Morgan fingerprint density at radius 3 is 2.73 bits per heavy atom. The summed E-state index contributed by atoms with van der Waals surface area (Å²) >= 11 is 7.92. The van der Waals surface area contributed by atoms with E-state index in [0.717, 1.165) is 5.02 Å². The van der Waals surface area contributed by atoms with Crippen molar-refractivity contribution in [2.24, 2.45) is 0 Å². The zero-order valence-electron chi connectivity index (χ0n) is 8.25. The van der Waals surface area contributed by atoms with Gasteiger partial charge >= 0.3 is 0 Å². The van der Waals surface area contributed by atoms with E-state index in [0.29, 0.717) is 0 Å². The highest BCUT2D eigenvalue weighted by Crippen LogP contribution is 2.33. The smallest absolute Gasteiger partial charge is 0.136 e. The van der Waals surface area contributed by atoms with E-state index in [1.165, 1.54) is 25.6 Å². The molecule has 0 spiro atoms. The summed E-state index contributed by atoms with van der Waals surface area (Å²) in [6.07, 6.45) is 0. The van der Waals surface area contributed by atoms with Gasteiger partial charge in [-0.25, -0.2) is 0 Å². The lowest BCUT2D eigenvalue weighted by molar-refractivity contribution is 1.85. The fourth-order valence-corrected chi connectivity index (χ4v) is 3.38. The Balaban J connectivity index is 2.61. The molecule has 0 atom stereocenters. The van der Waals surface area contributed by atoms with E-state index in [2.05, 4.69) is 38.2 Å². The van der Waals surface area contributed by atoms with E-state index in [1.54, 1.807) is 0 Å². The van der Waals surface area contributed by atoms with E-state index in [1.807, 2.05) is 17.4 Å². The minimum atomic E-state index is 0.823. The van der Waals surface area contributed by atoms with Crippen molar-refractivity contribution in [3.8, 4) is 0 Å². The molecule has 0 saturated carbocycles. The molecule has 0 aliphatic heterocycles. The molecule has 0 N–H and O–H groups in total. The first-order valence-electron chi connectivity index (χ1n) is 4.83. The highest BCUT2D eigenvalue weighted by Gasteiger charge is 2.06. The average Bonchev–Trinajstić information content (AvgIpc) is 2.57. The molecule has 0 saturated heterocycles. The lowest BCUT2D eigenvalue weighted by Crippen LogP contribution is -2.00. The van der Waals surface area contributed by atoms with Crippen molar-refractivity contribution < 1.29 is 0 Å². The molecule has 0 nitrogen and oxygen atoms in total. The van der Waals surface area contributed by atoms with Gasteiger partial charge < -0.3 is 0 Å². The molecular formula is C12H8BClS. The molecule has 0 aliphatic rings. The second kappa shape index (κ2) is 3.26. The summed E-state index contributed by atoms with van der Waals surface area (Å²) in [6, 6.07) is 12.6. The molecule has 0 aliphatic carbocycles. The van der Waals surface area contributed by atoms with Gasteiger partial charge in [-0.05, 0) is 18.2 Å². The highest BCUT2D eigenvalue weighted by atomic mass is 35.5. The normalized spacial score (nSPS) is 11.3. The Morgan fingerprint density at radius 1 is 1.07 bits per heavy atom. The molecular weight excluding hydrogens is 222 g/mol. The maximum atomic E-state index is 6.09. The van der Waals surface area contributed by atoms with Crippen molar-refractivity contribution in [2.75, 3.05) is 0 Å². The van der Waals surface area contributed by atoms with Gasteiger partial charge in [-0.1, -0.05) is 35.3 Å². The van der Waals surface area contributed by atoms with E-state index >= 15 is 0 Å². The molecule has 3 heteroatoms. The maximum absolute atomic E-state index is 6.09. The summed E-state index contributed by atoms with van der Waals surface area (Å²) in [7, 11) is 2.11. The molecule has 72 valence electrons. The summed E-state index contributed by atoms with van der Waals surface area (Å²) in [5, 5.41) is 3.41. The van der Waals surface area contributed by atoms with E-state index in [4.69, 9.17) is 11.6 Å². The van der Waals surface area contributed by atoms with Crippen LogP contribution in [-0.2, 0) is 0 Å². The molecule has 0 unspecified atom stereocenters. The third kappa shape index (κ3) is 1.36. The van der Waals surface area contributed by atoms with Gasteiger partial charge in [0, 0.05) is 25.2 Å². The van der Waals surface area contributed by atoms with Gasteiger partial charge in [-0.15, -0.1) is 11.3 Å². The molecule has 0 bridgehead atoms. The Labute approximate surface area is 97.9 Å². The Hall–Kier alpha value is -0.985. The van der Waals surface area contributed by atoms with Crippen molar-refractivity contribution in [3.05, 3.63) is 41.4 Å². The van der Waals surface area contributed by atoms with Gasteiger partial charge in [0.1, 0.15) is 7.85 Å². The van der Waals surface area contributed by atoms with Crippen molar-refractivity contribution in [2.45, 2.75) is 0 Å². The van der Waals surface area contributed by atoms with Crippen LogP contribution in [0.25, 0.3) is 20.2 Å². The Kier molecular flexibility index (Phi) is 2.01. The predicted octanol–water partition coefficient (Wildman–Crippen LogP) is 2.97. The van der Waals surface area contributed by atoms with Crippen molar-refractivity contribution in [1.82, 2.24) is 0 Å². The molecule has 0 amide bonds. The Bertz CT molecular complexity index is 657. The summed E-state index contributed by atoms with van der Waals surface area (Å²) in [5.74, 6) is 0. The minimum absolute atomic E-state index is 0.823. The van der Waals surface area contributed by atoms with Crippen LogP contribution in [0.2, 0.25) is 5.02 Å². The average molecular weight is 231 g/mol. The van der Waals surface area contributed by atoms with Crippen LogP contribution in [0.3, 0.4) is 0 Å². The van der Waals surface area contributed by atoms with E-state index < -0.39 is 0 Å². The first kappa shape index (κ1) is 9.26. The molecule has 1 heterocycles. The maximum Gasteiger partial charge on any atom is 0.141 e. The van der Waals surface area contributed by atoms with Crippen LogP contribution in [0, 0.1) is 0 Å². The second-order valence-electron chi connectivity index (χ2n) is 3.70. The van der Waals surface area contributed by atoms with Gasteiger partial charge in [0.05, 0.1) is 0 Å². The molecule has 1 aromatic heterocycles. The van der Waals surface area contributed by atoms with Crippen molar-refractivity contribution >= 4 is 56.4 Å². The third-order valence-electron chi connectivity index (χ3n) is 2.63. The Morgan fingerprint density at radius 2 is 1.87 bits per heavy atom. The van der Waals surface area contributed by atoms with Crippen LogP contribution in [0.5, 0.6) is 0 Å². The van der Waals surface area contributed by atoms with E-state index in [9.17, 15) is 0 Å². The van der Waals surface area contributed by atoms with Crippen LogP contribution < -0.4 is 5.46 Å². The number of benzene rings is 2. The van der Waals surface area contributed by atoms with Gasteiger partial charge in [0.2, 0.25) is 0 Å². The predicted molar refractivity (Wildman–Crippen MR) is 72.5 cm³/mol. The van der Waals surface area contributed by atoms with Gasteiger partial charge in [0.25, 0.3) is 0 Å². The molecule has 2 aromatic carbocycles. The summed E-state index contributed by atoms with van der Waals surface area (Å²) < 4.78 is 2.68. The van der Waals surface area contributed by atoms with Crippen LogP contribution in [0.15, 0.2) is 36.4 Å². The summed E-state index contributed by atoms with van der Waals surface area (Å²) in [5.41, 5.74) is 1.26. The summed E-state index contributed by atoms with van der Waals surface area (Å²) in [4.78, 5) is 0. The SMILES string of the molecule is Bc1cc(Cl)cc2c1sc1ccccc12. The molecule has 0 fully saturated rings. The zero-order chi connectivity index (χ0) is 10.4. The second-order valence-corrected chi connectivity index (χ2v) is 5.19. The fourth-order valence-electron chi connectivity index (χ4n) is 1.95. The van der Waals surface area contributed by atoms with Crippen LogP contribution in [0.1, 0.15) is 0 Å². The summed E-state index contributed by atoms with van der Waals surface area (Å²) in [6.45, 7) is 0. The minimum Gasteiger partial charge on any atom is -0.136 e. The number of hydrogen-bond acceptors (Lipinski definition) is 1. The topological polar surface area (TPSA) is 0 Å². The number of thiophene rings is 1. The third-order valence-corrected chi connectivity index (χ3v) is 4.17. The fraction of sp³-hybridized carbons (Fsp3) is 0. The van der Waals surface area contributed by atoms with E-state index in [-0.39, 0.29) is 0 Å². The lowest BCUT2D eigenvalue weighted by atomic mass is 9.94. The number of hydrogen-bond donors (Lipinski definition) is 0. The number of rotatable bonds is 0. The van der Waals surface area contributed by atoms with Crippen LogP contribution >= 0.6 is 22.9 Å². The molecule has 0 radical (unpaired) electrons. The van der Waals surface area contributed by atoms with Gasteiger partial charge in [-0.2, -0.15) is 0 Å². The highest BCUT2D eigenvalue weighted by molar-refractivity contribution is 7.26. The van der Waals surface area contributed by atoms with Crippen molar-refractivity contribution in [1.29, 1.82) is 0 Å². The first-order valence-corrected chi connectivity index (χ1v) is 6.02. The standard InChI is InChI=1S/C12H8BClS/c13-10-6-7(14)5-9-8-3-1-2-4-11(8)15-12(9)10/h1-6H,13H2. The van der Waals surface area contributed by atoms with Crippen molar-refractivity contribution in [3.63, 3.8) is 0 Å². The molecule has 3 rings (SSSR count). The monoisotopic (exact) mass is 230 g/mol. The zero-order valence-corrected chi connectivity index (χ0v) is 9.82. The van der Waals surface area contributed by atoms with Gasteiger partial charge in [-0.3, -0.25) is 0 Å².